The molecule has 0 aliphatic heterocycles. The highest BCUT2D eigenvalue weighted by atomic mass is 16.1. The first kappa shape index (κ1) is 14.9. The van der Waals surface area contributed by atoms with Gasteiger partial charge in [-0.05, 0) is 29.4 Å². The Morgan fingerprint density at radius 3 is 1.94 bits per heavy atom. The van der Waals surface area contributed by atoms with Crippen molar-refractivity contribution in [2.24, 2.45) is 5.41 Å². The van der Waals surface area contributed by atoms with Crippen molar-refractivity contribution in [3.05, 3.63) is 35.4 Å². The van der Waals surface area contributed by atoms with Crippen LogP contribution in [-0.2, 0) is 17.6 Å². The highest BCUT2D eigenvalue weighted by Crippen LogP contribution is 2.20. The maximum Gasteiger partial charge on any atom is 0.133 e. The third kappa shape index (κ3) is 6.00. The Morgan fingerprint density at radius 1 is 1.00 bits per heavy atom. The Morgan fingerprint density at radius 2 is 1.50 bits per heavy atom. The van der Waals surface area contributed by atoms with Crippen LogP contribution in [0.1, 0.15) is 58.1 Å². The first-order valence-corrected chi connectivity index (χ1v) is 7.00. The maximum atomic E-state index is 11.8. The van der Waals surface area contributed by atoms with E-state index in [2.05, 4.69) is 52.0 Å². The molecule has 0 radical (unpaired) electrons. The van der Waals surface area contributed by atoms with E-state index in [-0.39, 0.29) is 5.41 Å². The smallest absolute Gasteiger partial charge is 0.133 e. The number of aryl methyl sites for hydroxylation is 2. The summed E-state index contributed by atoms with van der Waals surface area (Å²) in [5, 5.41) is 0. The predicted octanol–water partition coefficient (Wildman–Crippen LogP) is 4.58. The number of carbonyl (C=O) groups excluding carboxylic acids is 1. The fraction of sp³-hybridized carbons (Fsp3) is 0.588. The molecule has 0 atom stereocenters. The van der Waals surface area contributed by atoms with Crippen molar-refractivity contribution in [2.45, 2.75) is 59.8 Å². The van der Waals surface area contributed by atoms with E-state index in [0.717, 1.165) is 12.8 Å². The Balaban J connectivity index is 2.41. The molecule has 1 heteroatoms. The number of Topliss-reactive ketones (excluding diaryl/α,β-unsaturated/α-hetero) is 1. The Labute approximate surface area is 112 Å². The summed E-state index contributed by atoms with van der Waals surface area (Å²) in [4.78, 5) is 11.8. The lowest BCUT2D eigenvalue weighted by Gasteiger charge is -2.16. The van der Waals surface area contributed by atoms with Gasteiger partial charge < -0.3 is 0 Å². The number of rotatable bonds is 6. The van der Waals surface area contributed by atoms with Crippen LogP contribution in [0.15, 0.2) is 24.3 Å². The summed E-state index contributed by atoms with van der Waals surface area (Å²) in [6.45, 7) is 8.54. The molecule has 0 aliphatic rings. The van der Waals surface area contributed by atoms with Crippen LogP contribution in [-0.4, -0.2) is 5.78 Å². The molecule has 1 rings (SSSR count). The van der Waals surface area contributed by atoms with E-state index < -0.39 is 0 Å². The lowest BCUT2D eigenvalue weighted by Crippen LogP contribution is -2.13. The first-order valence-electron chi connectivity index (χ1n) is 7.00. The van der Waals surface area contributed by atoms with Gasteiger partial charge in [-0.1, -0.05) is 58.4 Å². The lowest BCUT2D eigenvalue weighted by molar-refractivity contribution is -0.120. The van der Waals surface area contributed by atoms with Crippen molar-refractivity contribution < 1.29 is 4.79 Å². The van der Waals surface area contributed by atoms with Gasteiger partial charge in [0.25, 0.3) is 0 Å². The van der Waals surface area contributed by atoms with E-state index >= 15 is 0 Å². The van der Waals surface area contributed by atoms with E-state index in [0.29, 0.717) is 18.6 Å². The van der Waals surface area contributed by atoms with Gasteiger partial charge >= 0.3 is 0 Å². The number of carbonyl (C=O) groups is 1. The minimum Gasteiger partial charge on any atom is -0.300 e. The molecule has 0 amide bonds. The summed E-state index contributed by atoms with van der Waals surface area (Å²) >= 11 is 0. The van der Waals surface area contributed by atoms with Crippen molar-refractivity contribution in [1.82, 2.24) is 0 Å². The van der Waals surface area contributed by atoms with Crippen LogP contribution in [0.25, 0.3) is 0 Å². The molecule has 0 aromatic heterocycles. The van der Waals surface area contributed by atoms with Gasteiger partial charge in [0.15, 0.2) is 0 Å². The van der Waals surface area contributed by atoms with Gasteiger partial charge in [0.05, 0.1) is 0 Å². The summed E-state index contributed by atoms with van der Waals surface area (Å²) in [5.74, 6) is 0.375. The van der Waals surface area contributed by atoms with Gasteiger partial charge in [0, 0.05) is 12.8 Å². The van der Waals surface area contributed by atoms with Crippen molar-refractivity contribution >= 4 is 5.78 Å². The molecule has 0 fully saturated rings. The quantitative estimate of drug-likeness (QED) is 0.718. The van der Waals surface area contributed by atoms with Crippen LogP contribution in [0, 0.1) is 5.41 Å². The molecule has 0 N–H and O–H groups in total. The second-order valence-corrected chi connectivity index (χ2v) is 6.34. The van der Waals surface area contributed by atoms with E-state index in [1.807, 2.05) is 0 Å². The van der Waals surface area contributed by atoms with Gasteiger partial charge in [-0.3, -0.25) is 4.79 Å². The Bertz CT molecular complexity index is 368. The highest BCUT2D eigenvalue weighted by molar-refractivity contribution is 5.79. The molecule has 100 valence electrons. The topological polar surface area (TPSA) is 17.1 Å². The van der Waals surface area contributed by atoms with Crippen LogP contribution in [0.2, 0.25) is 0 Å². The highest BCUT2D eigenvalue weighted by Gasteiger charge is 2.15. The normalized spacial score (nSPS) is 11.6. The molecular weight excluding hydrogens is 220 g/mol. The summed E-state index contributed by atoms with van der Waals surface area (Å²) in [6, 6.07) is 8.70. The predicted molar refractivity (Wildman–Crippen MR) is 77.8 cm³/mol. The minimum atomic E-state index is 0.113. The zero-order valence-corrected chi connectivity index (χ0v) is 12.3. The van der Waals surface area contributed by atoms with Crippen molar-refractivity contribution in [3.8, 4) is 0 Å². The second-order valence-electron chi connectivity index (χ2n) is 6.34. The zero-order chi connectivity index (χ0) is 13.6. The van der Waals surface area contributed by atoms with Gasteiger partial charge in [-0.25, -0.2) is 0 Å². The average Bonchev–Trinajstić information content (AvgIpc) is 2.26. The minimum absolute atomic E-state index is 0.113. The number of hydrogen-bond donors (Lipinski definition) is 0. The van der Waals surface area contributed by atoms with E-state index in [1.54, 1.807) is 0 Å². The monoisotopic (exact) mass is 246 g/mol. The Hall–Kier alpha value is -1.11. The standard InChI is InChI=1S/C17H26O/c1-5-6-14-7-9-15(10-8-14)11-12-16(18)13-17(2,3)4/h7-10H,5-6,11-13H2,1-4H3. The lowest BCUT2D eigenvalue weighted by atomic mass is 9.88. The summed E-state index contributed by atoms with van der Waals surface area (Å²) in [5.41, 5.74) is 2.78. The number of ketones is 1. The molecule has 0 bridgehead atoms. The molecule has 0 unspecified atom stereocenters. The maximum absolute atomic E-state index is 11.8. The molecule has 0 aliphatic carbocycles. The molecule has 0 saturated carbocycles. The van der Waals surface area contributed by atoms with Crippen LogP contribution in [0.4, 0.5) is 0 Å². The molecule has 0 saturated heterocycles. The van der Waals surface area contributed by atoms with Gasteiger partial charge in [-0.2, -0.15) is 0 Å². The van der Waals surface area contributed by atoms with Crippen molar-refractivity contribution in [3.63, 3.8) is 0 Å². The van der Waals surface area contributed by atoms with Gasteiger partial charge in [0.1, 0.15) is 5.78 Å². The van der Waals surface area contributed by atoms with Crippen LogP contribution >= 0.6 is 0 Å². The van der Waals surface area contributed by atoms with Crippen molar-refractivity contribution in [2.75, 3.05) is 0 Å². The molecular formula is C17H26O. The number of hydrogen-bond acceptors (Lipinski definition) is 1. The fourth-order valence-corrected chi connectivity index (χ4v) is 2.12. The first-order chi connectivity index (χ1) is 8.40. The van der Waals surface area contributed by atoms with Crippen LogP contribution < -0.4 is 0 Å². The van der Waals surface area contributed by atoms with Gasteiger partial charge in [0.2, 0.25) is 0 Å². The third-order valence-electron chi connectivity index (χ3n) is 2.98. The molecule has 18 heavy (non-hydrogen) atoms. The largest absolute Gasteiger partial charge is 0.300 e. The summed E-state index contributed by atoms with van der Waals surface area (Å²) in [7, 11) is 0. The van der Waals surface area contributed by atoms with Crippen LogP contribution in [0.3, 0.4) is 0 Å². The summed E-state index contributed by atoms with van der Waals surface area (Å²) in [6.07, 6.45) is 4.55. The van der Waals surface area contributed by atoms with E-state index in [1.165, 1.54) is 17.5 Å². The third-order valence-corrected chi connectivity index (χ3v) is 2.98. The second kappa shape index (κ2) is 6.72. The fourth-order valence-electron chi connectivity index (χ4n) is 2.12. The van der Waals surface area contributed by atoms with Crippen LogP contribution in [0.5, 0.6) is 0 Å². The average molecular weight is 246 g/mol. The SMILES string of the molecule is CCCc1ccc(CCC(=O)CC(C)(C)C)cc1. The van der Waals surface area contributed by atoms with Gasteiger partial charge in [-0.15, -0.1) is 0 Å². The molecule has 0 heterocycles. The molecule has 1 nitrogen and oxygen atoms in total. The molecule has 1 aromatic rings. The molecule has 0 spiro atoms. The van der Waals surface area contributed by atoms with Crippen molar-refractivity contribution in [1.29, 1.82) is 0 Å². The molecule has 1 aromatic carbocycles. The number of benzene rings is 1. The van der Waals surface area contributed by atoms with E-state index in [4.69, 9.17) is 0 Å². The zero-order valence-electron chi connectivity index (χ0n) is 12.3. The van der Waals surface area contributed by atoms with E-state index in [9.17, 15) is 4.79 Å². The Kier molecular flexibility index (Phi) is 5.58. The summed E-state index contributed by atoms with van der Waals surface area (Å²) < 4.78 is 0.